The summed E-state index contributed by atoms with van der Waals surface area (Å²) in [5.74, 6) is 0. The molecule has 0 amide bonds. The third-order valence-corrected chi connectivity index (χ3v) is 5.06. The number of hydrogen-bond donors (Lipinski definition) is 1. The van der Waals surface area contributed by atoms with Gasteiger partial charge in [-0.05, 0) is 52.4 Å². The van der Waals surface area contributed by atoms with Crippen molar-refractivity contribution in [2.45, 2.75) is 12.5 Å². The quantitative estimate of drug-likeness (QED) is 0.459. The lowest BCUT2D eigenvalue weighted by molar-refractivity contribution is 0.102. The Kier molecular flexibility index (Phi) is 4.62. The molecule has 1 N–H and O–H groups in total. The van der Waals surface area contributed by atoms with Crippen LogP contribution in [0, 0.1) is 0 Å². The molecule has 0 radical (unpaired) electrons. The Balaban J connectivity index is 1.74. The van der Waals surface area contributed by atoms with Crippen LogP contribution in [-0.2, 0) is 5.60 Å². The van der Waals surface area contributed by atoms with Gasteiger partial charge in [0.15, 0.2) is 0 Å². The largest absolute Gasteiger partial charge is 0.381 e. The van der Waals surface area contributed by atoms with Crippen molar-refractivity contribution in [1.29, 1.82) is 0 Å². The van der Waals surface area contributed by atoms with E-state index in [1.54, 1.807) is 0 Å². The fourth-order valence-corrected chi connectivity index (χ4v) is 3.43. The highest BCUT2D eigenvalue weighted by molar-refractivity contribution is 5.66. The Labute approximate surface area is 160 Å². The fraction of sp³-hybridized carbons (Fsp3) is 0.0769. The monoisotopic (exact) mass is 350 g/mol. The normalized spacial score (nSPS) is 11.3. The highest BCUT2D eigenvalue weighted by atomic mass is 16.3. The van der Waals surface area contributed by atoms with Crippen molar-refractivity contribution in [1.82, 2.24) is 0 Å². The second kappa shape index (κ2) is 7.22. The van der Waals surface area contributed by atoms with E-state index < -0.39 is 5.60 Å². The minimum absolute atomic E-state index is 0.883. The molecular weight excluding hydrogens is 328 g/mol. The molecule has 0 saturated heterocycles. The summed E-state index contributed by atoms with van der Waals surface area (Å²) in [4.78, 5) is 0. The molecule has 4 aromatic carbocycles. The Morgan fingerprint density at radius 1 is 0.481 bits per heavy atom. The van der Waals surface area contributed by atoms with Crippen LogP contribution < -0.4 is 0 Å². The fourth-order valence-electron chi connectivity index (χ4n) is 3.43. The summed E-state index contributed by atoms with van der Waals surface area (Å²) in [6.45, 7) is 1.86. The molecule has 1 heteroatoms. The molecule has 132 valence electrons. The van der Waals surface area contributed by atoms with Crippen molar-refractivity contribution in [3.8, 4) is 22.3 Å². The first-order valence-electron chi connectivity index (χ1n) is 9.19. The van der Waals surface area contributed by atoms with Crippen LogP contribution in [0.2, 0.25) is 0 Å². The standard InChI is InChI=1S/C26H22O/c1-26(27,24-16-8-14-22(18-24)20-10-4-2-5-11-20)25-17-9-15-23(19-25)21-12-6-3-7-13-21/h2-19,27H,1H3. The van der Waals surface area contributed by atoms with Gasteiger partial charge in [-0.1, -0.05) is 97.1 Å². The van der Waals surface area contributed by atoms with Crippen molar-refractivity contribution in [2.75, 3.05) is 0 Å². The third-order valence-electron chi connectivity index (χ3n) is 5.06. The second-order valence-corrected chi connectivity index (χ2v) is 6.97. The van der Waals surface area contributed by atoms with Gasteiger partial charge >= 0.3 is 0 Å². The van der Waals surface area contributed by atoms with E-state index in [4.69, 9.17) is 0 Å². The average Bonchev–Trinajstić information content (AvgIpc) is 2.75. The molecule has 0 aromatic heterocycles. The molecule has 0 saturated carbocycles. The van der Waals surface area contributed by atoms with Crippen molar-refractivity contribution >= 4 is 0 Å². The Bertz CT molecular complexity index is 949. The third kappa shape index (κ3) is 3.55. The van der Waals surface area contributed by atoms with Gasteiger partial charge in [-0.2, -0.15) is 0 Å². The molecule has 0 aliphatic rings. The van der Waals surface area contributed by atoms with E-state index in [0.29, 0.717) is 0 Å². The lowest BCUT2D eigenvalue weighted by Gasteiger charge is -2.26. The summed E-state index contributed by atoms with van der Waals surface area (Å²) in [5.41, 5.74) is 5.19. The molecule has 1 nitrogen and oxygen atoms in total. The van der Waals surface area contributed by atoms with E-state index in [1.807, 2.05) is 67.6 Å². The Morgan fingerprint density at radius 2 is 0.852 bits per heavy atom. The van der Waals surface area contributed by atoms with Crippen LogP contribution in [0.3, 0.4) is 0 Å². The Morgan fingerprint density at radius 3 is 1.26 bits per heavy atom. The minimum Gasteiger partial charge on any atom is -0.381 e. The van der Waals surface area contributed by atoms with Crippen LogP contribution in [0.25, 0.3) is 22.3 Å². The Hall–Kier alpha value is -3.16. The summed E-state index contributed by atoms with van der Waals surface area (Å²) in [6.07, 6.45) is 0. The molecule has 0 atom stereocenters. The zero-order chi connectivity index (χ0) is 18.7. The number of aliphatic hydroxyl groups is 1. The molecule has 0 heterocycles. The summed E-state index contributed by atoms with van der Waals surface area (Å²) >= 11 is 0. The van der Waals surface area contributed by atoms with Gasteiger partial charge in [-0.3, -0.25) is 0 Å². The predicted octanol–water partition coefficient (Wildman–Crippen LogP) is 6.28. The first-order chi connectivity index (χ1) is 13.1. The molecule has 0 aliphatic carbocycles. The summed E-state index contributed by atoms with van der Waals surface area (Å²) in [6, 6.07) is 36.8. The summed E-state index contributed by atoms with van der Waals surface area (Å²) < 4.78 is 0. The zero-order valence-electron chi connectivity index (χ0n) is 15.3. The predicted molar refractivity (Wildman–Crippen MR) is 112 cm³/mol. The molecule has 0 bridgehead atoms. The highest BCUT2D eigenvalue weighted by Crippen LogP contribution is 2.33. The van der Waals surface area contributed by atoms with E-state index in [-0.39, 0.29) is 0 Å². The number of rotatable bonds is 4. The molecule has 27 heavy (non-hydrogen) atoms. The van der Waals surface area contributed by atoms with Crippen molar-refractivity contribution < 1.29 is 5.11 Å². The van der Waals surface area contributed by atoms with Gasteiger partial charge in [0.25, 0.3) is 0 Å². The van der Waals surface area contributed by atoms with Crippen molar-refractivity contribution in [2.24, 2.45) is 0 Å². The topological polar surface area (TPSA) is 20.2 Å². The van der Waals surface area contributed by atoms with Crippen LogP contribution in [0.15, 0.2) is 109 Å². The maximum absolute atomic E-state index is 11.4. The SMILES string of the molecule is CC(O)(c1cccc(-c2ccccc2)c1)c1cccc(-c2ccccc2)c1. The maximum atomic E-state index is 11.4. The molecule has 4 aromatic rings. The zero-order valence-corrected chi connectivity index (χ0v) is 15.3. The maximum Gasteiger partial charge on any atom is 0.112 e. The van der Waals surface area contributed by atoms with Gasteiger partial charge in [0.1, 0.15) is 5.60 Å². The lowest BCUT2D eigenvalue weighted by Crippen LogP contribution is -2.22. The minimum atomic E-state index is -1.07. The smallest absolute Gasteiger partial charge is 0.112 e. The van der Waals surface area contributed by atoms with E-state index in [1.165, 1.54) is 0 Å². The van der Waals surface area contributed by atoms with Crippen molar-refractivity contribution in [3.05, 3.63) is 120 Å². The molecule has 0 aliphatic heterocycles. The molecule has 0 fully saturated rings. The number of hydrogen-bond acceptors (Lipinski definition) is 1. The van der Waals surface area contributed by atoms with Gasteiger partial charge in [-0.25, -0.2) is 0 Å². The van der Waals surface area contributed by atoms with Crippen molar-refractivity contribution in [3.63, 3.8) is 0 Å². The highest BCUT2D eigenvalue weighted by Gasteiger charge is 2.26. The first-order valence-corrected chi connectivity index (χ1v) is 9.19. The second-order valence-electron chi connectivity index (χ2n) is 6.97. The first kappa shape index (κ1) is 17.3. The molecule has 0 unspecified atom stereocenters. The van der Waals surface area contributed by atoms with Gasteiger partial charge in [0.05, 0.1) is 0 Å². The van der Waals surface area contributed by atoms with Crippen LogP contribution >= 0.6 is 0 Å². The molecular formula is C26H22O. The van der Waals surface area contributed by atoms with Gasteiger partial charge < -0.3 is 5.11 Å². The lowest BCUT2D eigenvalue weighted by atomic mass is 9.85. The van der Waals surface area contributed by atoms with E-state index in [2.05, 4.69) is 48.5 Å². The van der Waals surface area contributed by atoms with Crippen LogP contribution in [-0.4, -0.2) is 5.11 Å². The van der Waals surface area contributed by atoms with Crippen LogP contribution in [0.5, 0.6) is 0 Å². The van der Waals surface area contributed by atoms with Gasteiger partial charge in [-0.15, -0.1) is 0 Å². The number of benzene rings is 4. The van der Waals surface area contributed by atoms with Crippen LogP contribution in [0.4, 0.5) is 0 Å². The summed E-state index contributed by atoms with van der Waals surface area (Å²) in [5, 5.41) is 11.4. The van der Waals surface area contributed by atoms with Gasteiger partial charge in [0, 0.05) is 0 Å². The molecule has 4 rings (SSSR count). The van der Waals surface area contributed by atoms with E-state index in [0.717, 1.165) is 33.4 Å². The van der Waals surface area contributed by atoms with Crippen LogP contribution in [0.1, 0.15) is 18.1 Å². The van der Waals surface area contributed by atoms with E-state index >= 15 is 0 Å². The van der Waals surface area contributed by atoms with E-state index in [9.17, 15) is 5.11 Å². The average molecular weight is 350 g/mol. The van der Waals surface area contributed by atoms with Gasteiger partial charge in [0.2, 0.25) is 0 Å². The molecule has 0 spiro atoms. The summed E-state index contributed by atoms with van der Waals surface area (Å²) in [7, 11) is 0.